The zero-order chi connectivity index (χ0) is 14.2. The van der Waals surface area contributed by atoms with Crippen LogP contribution in [0.15, 0.2) is 71.1 Å². The molecule has 0 atom stereocenters. The minimum Gasteiger partial charge on any atom is -0.456 e. The summed E-state index contributed by atoms with van der Waals surface area (Å²) in [6.07, 6.45) is 0. The molecule has 1 aromatic heterocycles. The number of nitrogens with two attached hydrogens (primary N) is 1. The molecule has 0 spiro atoms. The van der Waals surface area contributed by atoms with Gasteiger partial charge in [-0.15, -0.1) is 0 Å². The molecule has 3 nitrogen and oxygen atoms in total. The van der Waals surface area contributed by atoms with Crippen molar-refractivity contribution < 1.29 is 9.15 Å². The van der Waals surface area contributed by atoms with Crippen LogP contribution in [0.25, 0.3) is 21.9 Å². The van der Waals surface area contributed by atoms with Crippen molar-refractivity contribution in [2.45, 2.75) is 0 Å². The lowest BCUT2D eigenvalue weighted by Gasteiger charge is -2.07. The highest BCUT2D eigenvalue weighted by Gasteiger charge is 2.13. The van der Waals surface area contributed by atoms with Crippen molar-refractivity contribution >= 4 is 27.6 Å². The van der Waals surface area contributed by atoms with Gasteiger partial charge in [0.1, 0.15) is 22.7 Å². The number of ether oxygens (including phenoxy) is 1. The predicted molar refractivity (Wildman–Crippen MR) is 84.6 cm³/mol. The predicted octanol–water partition coefficient (Wildman–Crippen LogP) is 4.96. The van der Waals surface area contributed by atoms with Crippen molar-refractivity contribution in [2.75, 3.05) is 5.73 Å². The van der Waals surface area contributed by atoms with Gasteiger partial charge in [0.05, 0.1) is 5.39 Å². The molecule has 0 fully saturated rings. The van der Waals surface area contributed by atoms with Gasteiger partial charge >= 0.3 is 0 Å². The lowest BCUT2D eigenvalue weighted by atomic mass is 10.1. The molecule has 21 heavy (non-hydrogen) atoms. The van der Waals surface area contributed by atoms with Crippen LogP contribution in [-0.4, -0.2) is 0 Å². The summed E-state index contributed by atoms with van der Waals surface area (Å²) < 4.78 is 11.9. The second-order valence-electron chi connectivity index (χ2n) is 4.91. The lowest BCUT2D eigenvalue weighted by Crippen LogP contribution is -1.89. The number of rotatable bonds is 2. The summed E-state index contributed by atoms with van der Waals surface area (Å²) in [4.78, 5) is 0. The third kappa shape index (κ3) is 1.99. The van der Waals surface area contributed by atoms with Gasteiger partial charge in [0.25, 0.3) is 0 Å². The van der Waals surface area contributed by atoms with Crippen molar-refractivity contribution in [3.63, 3.8) is 0 Å². The average molecular weight is 275 g/mol. The van der Waals surface area contributed by atoms with E-state index < -0.39 is 0 Å². The summed E-state index contributed by atoms with van der Waals surface area (Å²) in [5, 5.41) is 1.97. The van der Waals surface area contributed by atoms with Crippen molar-refractivity contribution in [3.05, 3.63) is 66.7 Å². The first kappa shape index (κ1) is 11.9. The van der Waals surface area contributed by atoms with Crippen LogP contribution in [0, 0.1) is 0 Å². The quantitative estimate of drug-likeness (QED) is 0.526. The Hall–Kier alpha value is -2.94. The lowest BCUT2D eigenvalue weighted by molar-refractivity contribution is 0.488. The fourth-order valence-electron chi connectivity index (χ4n) is 2.53. The summed E-state index contributed by atoms with van der Waals surface area (Å²) in [6, 6.07) is 21.2. The molecule has 0 amide bonds. The third-order valence-electron chi connectivity index (χ3n) is 3.44. The number of anilines is 1. The molecule has 0 bridgehead atoms. The van der Waals surface area contributed by atoms with E-state index in [1.54, 1.807) is 0 Å². The van der Waals surface area contributed by atoms with Gasteiger partial charge in [0.15, 0.2) is 0 Å². The van der Waals surface area contributed by atoms with Gasteiger partial charge in [-0.3, -0.25) is 0 Å². The van der Waals surface area contributed by atoms with E-state index in [0.717, 1.165) is 27.7 Å². The topological polar surface area (TPSA) is 48.4 Å². The highest BCUT2D eigenvalue weighted by atomic mass is 16.5. The molecule has 2 N–H and O–H groups in total. The summed E-state index contributed by atoms with van der Waals surface area (Å²) in [7, 11) is 0. The highest BCUT2D eigenvalue weighted by Crippen LogP contribution is 2.39. The van der Waals surface area contributed by atoms with E-state index in [2.05, 4.69) is 0 Å². The molecule has 0 saturated heterocycles. The molecule has 4 rings (SSSR count). The van der Waals surface area contributed by atoms with Gasteiger partial charge in [0.2, 0.25) is 0 Å². The second kappa shape index (κ2) is 4.56. The zero-order valence-electron chi connectivity index (χ0n) is 11.2. The number of hydrogen-bond donors (Lipinski definition) is 1. The standard InChI is InChI=1S/C18H13NO2/c19-12-10-16(20-13-6-2-1-3-7-13)18-14-8-4-5-9-15(14)21-17(18)11-12/h1-11H,19H2. The van der Waals surface area contributed by atoms with E-state index >= 15 is 0 Å². The van der Waals surface area contributed by atoms with Gasteiger partial charge in [-0.25, -0.2) is 0 Å². The zero-order valence-corrected chi connectivity index (χ0v) is 11.2. The molecule has 3 heteroatoms. The maximum atomic E-state index is 6.00. The summed E-state index contributed by atoms with van der Waals surface area (Å²) in [5.41, 5.74) is 8.15. The second-order valence-corrected chi connectivity index (χ2v) is 4.91. The maximum absolute atomic E-state index is 6.00. The first-order chi connectivity index (χ1) is 10.3. The Balaban J connectivity index is 1.98. The van der Waals surface area contributed by atoms with Gasteiger partial charge in [-0.05, 0) is 18.2 Å². The van der Waals surface area contributed by atoms with Crippen LogP contribution < -0.4 is 10.5 Å². The summed E-state index contributed by atoms with van der Waals surface area (Å²) in [5.74, 6) is 1.48. The molecule has 0 aliphatic carbocycles. The number of fused-ring (bicyclic) bond motifs is 3. The number of para-hydroxylation sites is 2. The smallest absolute Gasteiger partial charge is 0.141 e. The van der Waals surface area contributed by atoms with Gasteiger partial charge in [-0.1, -0.05) is 36.4 Å². The van der Waals surface area contributed by atoms with Crippen LogP contribution in [0.1, 0.15) is 0 Å². The average Bonchev–Trinajstić information content (AvgIpc) is 2.86. The Morgan fingerprint density at radius 3 is 2.43 bits per heavy atom. The molecule has 0 radical (unpaired) electrons. The number of furan rings is 1. The Kier molecular flexibility index (Phi) is 2.57. The summed E-state index contributed by atoms with van der Waals surface area (Å²) in [6.45, 7) is 0. The molecule has 3 aromatic carbocycles. The minimum atomic E-state index is 0.618. The molecular formula is C18H13NO2. The van der Waals surface area contributed by atoms with Crippen LogP contribution in [0.3, 0.4) is 0 Å². The van der Waals surface area contributed by atoms with Crippen LogP contribution in [0.2, 0.25) is 0 Å². The van der Waals surface area contributed by atoms with E-state index in [9.17, 15) is 0 Å². The third-order valence-corrected chi connectivity index (χ3v) is 3.44. The molecule has 0 aliphatic rings. The molecule has 1 heterocycles. The largest absolute Gasteiger partial charge is 0.456 e. The van der Waals surface area contributed by atoms with Gasteiger partial charge < -0.3 is 14.9 Å². The van der Waals surface area contributed by atoms with Gasteiger partial charge in [0, 0.05) is 23.2 Å². The van der Waals surface area contributed by atoms with Crippen molar-refractivity contribution in [1.82, 2.24) is 0 Å². The number of benzene rings is 3. The van der Waals surface area contributed by atoms with Crippen LogP contribution >= 0.6 is 0 Å². The van der Waals surface area contributed by atoms with E-state index in [4.69, 9.17) is 14.9 Å². The highest BCUT2D eigenvalue weighted by molar-refractivity contribution is 6.09. The fraction of sp³-hybridized carbons (Fsp3) is 0. The molecule has 0 aliphatic heterocycles. The van der Waals surface area contributed by atoms with Crippen molar-refractivity contribution in [3.8, 4) is 11.5 Å². The van der Waals surface area contributed by atoms with E-state index in [-0.39, 0.29) is 0 Å². The molecule has 0 saturated carbocycles. The van der Waals surface area contributed by atoms with Crippen LogP contribution in [0.4, 0.5) is 5.69 Å². The number of hydrogen-bond acceptors (Lipinski definition) is 3. The minimum absolute atomic E-state index is 0.618. The van der Waals surface area contributed by atoms with Crippen LogP contribution in [0.5, 0.6) is 11.5 Å². The fourth-order valence-corrected chi connectivity index (χ4v) is 2.53. The molecule has 102 valence electrons. The SMILES string of the molecule is Nc1cc(Oc2ccccc2)c2c(c1)oc1ccccc12. The van der Waals surface area contributed by atoms with E-state index in [1.807, 2.05) is 66.7 Å². The van der Waals surface area contributed by atoms with Crippen molar-refractivity contribution in [2.24, 2.45) is 0 Å². The van der Waals surface area contributed by atoms with E-state index in [1.165, 1.54) is 0 Å². The Labute approximate surface area is 121 Å². The molecular weight excluding hydrogens is 262 g/mol. The van der Waals surface area contributed by atoms with Crippen LogP contribution in [-0.2, 0) is 0 Å². The maximum Gasteiger partial charge on any atom is 0.141 e. The monoisotopic (exact) mass is 275 g/mol. The van der Waals surface area contributed by atoms with Gasteiger partial charge in [-0.2, -0.15) is 0 Å². The normalized spacial score (nSPS) is 11.0. The molecule has 0 unspecified atom stereocenters. The Morgan fingerprint density at radius 1 is 0.810 bits per heavy atom. The Morgan fingerprint density at radius 2 is 1.57 bits per heavy atom. The number of nitrogen functional groups attached to an aromatic ring is 1. The summed E-state index contributed by atoms with van der Waals surface area (Å²) >= 11 is 0. The first-order valence-corrected chi connectivity index (χ1v) is 6.75. The first-order valence-electron chi connectivity index (χ1n) is 6.75. The Bertz CT molecular complexity index is 926. The molecule has 4 aromatic rings. The van der Waals surface area contributed by atoms with Crippen molar-refractivity contribution in [1.29, 1.82) is 0 Å². The van der Waals surface area contributed by atoms with E-state index in [0.29, 0.717) is 11.4 Å².